The molecule has 0 spiro atoms. The van der Waals surface area contributed by atoms with Gasteiger partial charge >= 0.3 is 0 Å². The lowest BCUT2D eigenvalue weighted by Gasteiger charge is -2.17. The SMILES string of the molecule is CSc1nccc(N2Cc3cnn(CCO)c3C2)n1. The van der Waals surface area contributed by atoms with Gasteiger partial charge in [0.1, 0.15) is 5.82 Å². The Hall–Kier alpha value is -1.60. The summed E-state index contributed by atoms with van der Waals surface area (Å²) in [6.45, 7) is 2.24. The highest BCUT2D eigenvalue weighted by Crippen LogP contribution is 2.27. The van der Waals surface area contributed by atoms with Gasteiger partial charge in [0, 0.05) is 18.3 Å². The van der Waals surface area contributed by atoms with E-state index in [0.29, 0.717) is 6.54 Å². The van der Waals surface area contributed by atoms with E-state index in [9.17, 15) is 0 Å². The Balaban J connectivity index is 1.82. The molecule has 0 unspecified atom stereocenters. The molecule has 0 amide bonds. The third-order valence-corrected chi connectivity index (χ3v) is 3.74. The van der Waals surface area contributed by atoms with Gasteiger partial charge < -0.3 is 10.0 Å². The van der Waals surface area contributed by atoms with Crippen LogP contribution in [0.15, 0.2) is 23.6 Å². The second kappa shape index (κ2) is 5.18. The van der Waals surface area contributed by atoms with Crippen molar-refractivity contribution in [1.29, 1.82) is 0 Å². The van der Waals surface area contributed by atoms with Gasteiger partial charge in [0.05, 0.1) is 31.6 Å². The number of fused-ring (bicyclic) bond motifs is 1. The monoisotopic (exact) mass is 277 g/mol. The fourth-order valence-electron chi connectivity index (χ4n) is 2.26. The van der Waals surface area contributed by atoms with Crippen LogP contribution in [0.1, 0.15) is 11.3 Å². The fourth-order valence-corrected chi connectivity index (χ4v) is 2.61. The Bertz CT molecular complexity index is 585. The third kappa shape index (κ3) is 2.31. The zero-order valence-electron chi connectivity index (χ0n) is 10.7. The highest BCUT2D eigenvalue weighted by molar-refractivity contribution is 7.98. The molecule has 0 saturated carbocycles. The number of anilines is 1. The van der Waals surface area contributed by atoms with E-state index in [1.54, 1.807) is 6.20 Å². The minimum Gasteiger partial charge on any atom is -0.394 e. The molecule has 0 bridgehead atoms. The van der Waals surface area contributed by atoms with Gasteiger partial charge in [-0.15, -0.1) is 0 Å². The molecule has 0 aliphatic carbocycles. The average Bonchev–Trinajstić information content (AvgIpc) is 3.01. The van der Waals surface area contributed by atoms with Crippen LogP contribution in [0, 0.1) is 0 Å². The van der Waals surface area contributed by atoms with Gasteiger partial charge in [-0.2, -0.15) is 5.10 Å². The predicted octanol–water partition coefficient (Wildman–Crippen LogP) is 0.908. The molecule has 6 nitrogen and oxygen atoms in total. The van der Waals surface area contributed by atoms with Crippen LogP contribution in [0.2, 0.25) is 0 Å². The Morgan fingerprint density at radius 1 is 1.42 bits per heavy atom. The quantitative estimate of drug-likeness (QED) is 0.662. The third-order valence-electron chi connectivity index (χ3n) is 3.17. The van der Waals surface area contributed by atoms with E-state index in [1.165, 1.54) is 23.0 Å². The number of nitrogens with zero attached hydrogens (tertiary/aromatic N) is 5. The van der Waals surface area contributed by atoms with Crippen molar-refractivity contribution < 1.29 is 5.11 Å². The van der Waals surface area contributed by atoms with Crippen molar-refractivity contribution in [2.45, 2.75) is 24.8 Å². The zero-order chi connectivity index (χ0) is 13.2. The van der Waals surface area contributed by atoms with E-state index in [1.807, 2.05) is 23.2 Å². The van der Waals surface area contributed by atoms with Crippen molar-refractivity contribution >= 4 is 17.6 Å². The van der Waals surface area contributed by atoms with Crippen molar-refractivity contribution in [2.75, 3.05) is 17.8 Å². The van der Waals surface area contributed by atoms with Crippen LogP contribution in [0.4, 0.5) is 5.82 Å². The molecule has 1 N–H and O–H groups in total. The first kappa shape index (κ1) is 12.4. The number of aliphatic hydroxyl groups is 1. The molecule has 7 heteroatoms. The molecular formula is C12H15N5OS. The highest BCUT2D eigenvalue weighted by Gasteiger charge is 2.24. The maximum absolute atomic E-state index is 9.02. The summed E-state index contributed by atoms with van der Waals surface area (Å²) in [6, 6.07) is 1.93. The standard InChI is InChI=1S/C12H15N5OS/c1-19-12-13-3-2-11(15-12)16-7-9-6-14-17(4-5-18)10(9)8-16/h2-3,6,18H,4-5,7-8H2,1H3. The van der Waals surface area contributed by atoms with Crippen LogP contribution in [0.25, 0.3) is 0 Å². The largest absolute Gasteiger partial charge is 0.394 e. The summed E-state index contributed by atoms with van der Waals surface area (Å²) >= 11 is 1.54. The van der Waals surface area contributed by atoms with Crippen LogP contribution in [0.5, 0.6) is 0 Å². The topological polar surface area (TPSA) is 67.1 Å². The summed E-state index contributed by atoms with van der Waals surface area (Å²) in [5.41, 5.74) is 2.37. The molecular weight excluding hydrogens is 262 g/mol. The first-order valence-corrected chi connectivity index (χ1v) is 7.30. The Labute approximate surface area is 115 Å². The van der Waals surface area contributed by atoms with E-state index in [-0.39, 0.29) is 6.61 Å². The molecule has 0 radical (unpaired) electrons. The number of hydrogen-bond acceptors (Lipinski definition) is 6. The van der Waals surface area contributed by atoms with Gasteiger partial charge in [0.15, 0.2) is 5.16 Å². The van der Waals surface area contributed by atoms with Crippen LogP contribution in [-0.2, 0) is 19.6 Å². The molecule has 1 aliphatic heterocycles. The van der Waals surface area contributed by atoms with Crippen LogP contribution in [0.3, 0.4) is 0 Å². The average molecular weight is 277 g/mol. The molecule has 100 valence electrons. The Kier molecular flexibility index (Phi) is 3.39. The minimum absolute atomic E-state index is 0.109. The Morgan fingerprint density at radius 3 is 3.11 bits per heavy atom. The summed E-state index contributed by atoms with van der Waals surface area (Å²) in [5.74, 6) is 0.936. The first-order chi connectivity index (χ1) is 9.31. The van der Waals surface area contributed by atoms with Gasteiger partial charge in [0.2, 0.25) is 0 Å². The molecule has 1 aliphatic rings. The van der Waals surface area contributed by atoms with Gasteiger partial charge in [0.25, 0.3) is 0 Å². The predicted molar refractivity (Wildman–Crippen MR) is 73.0 cm³/mol. The van der Waals surface area contributed by atoms with Crippen LogP contribution in [-0.4, -0.2) is 37.7 Å². The van der Waals surface area contributed by atoms with E-state index >= 15 is 0 Å². The second-order valence-corrected chi connectivity index (χ2v) is 5.09. The molecule has 3 rings (SSSR count). The van der Waals surface area contributed by atoms with Crippen molar-refractivity contribution in [3.63, 3.8) is 0 Å². The van der Waals surface area contributed by atoms with Crippen molar-refractivity contribution in [3.05, 3.63) is 29.7 Å². The lowest BCUT2D eigenvalue weighted by atomic mass is 10.3. The zero-order valence-corrected chi connectivity index (χ0v) is 11.5. The molecule has 0 atom stereocenters. The number of thioether (sulfide) groups is 1. The van der Waals surface area contributed by atoms with Gasteiger partial charge in [-0.05, 0) is 12.3 Å². The number of rotatable bonds is 4. The Morgan fingerprint density at radius 2 is 2.32 bits per heavy atom. The van der Waals surface area contributed by atoms with E-state index in [0.717, 1.165) is 24.1 Å². The van der Waals surface area contributed by atoms with Gasteiger partial charge in [-0.3, -0.25) is 4.68 Å². The molecule has 0 saturated heterocycles. The van der Waals surface area contributed by atoms with Crippen molar-refractivity contribution in [1.82, 2.24) is 19.7 Å². The van der Waals surface area contributed by atoms with Crippen LogP contribution < -0.4 is 4.90 Å². The van der Waals surface area contributed by atoms with E-state index in [4.69, 9.17) is 5.11 Å². The molecule has 0 fully saturated rings. The first-order valence-electron chi connectivity index (χ1n) is 6.08. The maximum Gasteiger partial charge on any atom is 0.189 e. The van der Waals surface area contributed by atoms with Crippen molar-refractivity contribution in [3.8, 4) is 0 Å². The molecule has 0 aromatic carbocycles. The van der Waals surface area contributed by atoms with E-state index < -0.39 is 0 Å². The fraction of sp³-hybridized carbons (Fsp3) is 0.417. The number of aromatic nitrogens is 4. The maximum atomic E-state index is 9.02. The molecule has 19 heavy (non-hydrogen) atoms. The minimum atomic E-state index is 0.109. The number of hydrogen-bond donors (Lipinski definition) is 1. The normalized spacial score (nSPS) is 13.9. The molecule has 2 aromatic heterocycles. The lowest BCUT2D eigenvalue weighted by Crippen LogP contribution is -2.18. The molecule has 2 aromatic rings. The number of aliphatic hydroxyl groups excluding tert-OH is 1. The smallest absolute Gasteiger partial charge is 0.189 e. The van der Waals surface area contributed by atoms with E-state index in [2.05, 4.69) is 20.0 Å². The summed E-state index contributed by atoms with van der Waals surface area (Å²) in [5, 5.41) is 14.1. The summed E-state index contributed by atoms with van der Waals surface area (Å²) < 4.78 is 1.87. The van der Waals surface area contributed by atoms with Gasteiger partial charge in [-0.25, -0.2) is 9.97 Å². The summed E-state index contributed by atoms with van der Waals surface area (Å²) in [4.78, 5) is 10.9. The highest BCUT2D eigenvalue weighted by atomic mass is 32.2. The summed E-state index contributed by atoms with van der Waals surface area (Å²) in [6.07, 6.45) is 5.63. The summed E-state index contributed by atoms with van der Waals surface area (Å²) in [7, 11) is 0. The van der Waals surface area contributed by atoms with Gasteiger partial charge in [-0.1, -0.05) is 11.8 Å². The van der Waals surface area contributed by atoms with Crippen LogP contribution >= 0.6 is 11.8 Å². The second-order valence-electron chi connectivity index (χ2n) is 4.32. The lowest BCUT2D eigenvalue weighted by molar-refractivity contribution is 0.267. The molecule has 3 heterocycles. The van der Waals surface area contributed by atoms with Crippen molar-refractivity contribution in [2.24, 2.45) is 0 Å².